The Labute approximate surface area is 83.4 Å². The molecule has 0 aliphatic heterocycles. The van der Waals surface area contributed by atoms with E-state index in [1.807, 2.05) is 0 Å². The molecule has 0 aromatic rings. The second-order valence-corrected chi connectivity index (χ2v) is 4.07. The largest absolute Gasteiger partial charge is 0.138 e. The Morgan fingerprint density at radius 1 is 1.31 bits per heavy atom. The van der Waals surface area contributed by atoms with Crippen LogP contribution in [0.1, 0.15) is 39.0 Å². The topological polar surface area (TPSA) is 0 Å². The van der Waals surface area contributed by atoms with E-state index in [-0.39, 0.29) is 0 Å². The van der Waals surface area contributed by atoms with Gasteiger partial charge in [-0.1, -0.05) is 43.8 Å². The highest BCUT2D eigenvalue weighted by Gasteiger charge is 2.17. The summed E-state index contributed by atoms with van der Waals surface area (Å²) in [7, 11) is 2.14. The van der Waals surface area contributed by atoms with E-state index in [0.29, 0.717) is 0 Å². The van der Waals surface area contributed by atoms with E-state index < -0.39 is 0 Å². The van der Waals surface area contributed by atoms with Gasteiger partial charge >= 0.3 is 0 Å². The molecule has 13 heavy (non-hydrogen) atoms. The zero-order chi connectivity index (χ0) is 9.68. The van der Waals surface area contributed by atoms with Crippen LogP contribution in [0.2, 0.25) is 6.82 Å². The molecule has 0 N–H and O–H groups in total. The van der Waals surface area contributed by atoms with Crippen LogP contribution in [0, 0.1) is 5.92 Å². The minimum Gasteiger partial charge on any atom is -0.119 e. The van der Waals surface area contributed by atoms with Crippen molar-refractivity contribution in [1.82, 2.24) is 0 Å². The molecule has 1 aliphatic carbocycles. The van der Waals surface area contributed by atoms with Gasteiger partial charge in [0, 0.05) is 0 Å². The molecule has 1 radical (unpaired) electrons. The predicted octanol–water partition coefficient (Wildman–Crippen LogP) is 3.78. The second-order valence-electron chi connectivity index (χ2n) is 4.07. The quantitative estimate of drug-likeness (QED) is 0.452. The van der Waals surface area contributed by atoms with E-state index in [4.69, 9.17) is 0 Å². The summed E-state index contributed by atoms with van der Waals surface area (Å²) in [6.07, 6.45) is 6.97. The van der Waals surface area contributed by atoms with Gasteiger partial charge in [-0.05, 0) is 25.7 Å². The van der Waals surface area contributed by atoms with Crippen molar-refractivity contribution in [2.45, 2.75) is 45.9 Å². The highest BCUT2D eigenvalue weighted by molar-refractivity contribution is 6.40. The Bertz CT molecular complexity index is 197. The molecule has 0 aromatic heterocycles. The lowest BCUT2D eigenvalue weighted by Gasteiger charge is -2.25. The van der Waals surface area contributed by atoms with Gasteiger partial charge in [0.1, 0.15) is 7.28 Å². The maximum absolute atomic E-state index is 4.06. The molecule has 0 bridgehead atoms. The molecule has 0 amide bonds. The van der Waals surface area contributed by atoms with E-state index >= 15 is 0 Å². The monoisotopic (exact) mass is 175 g/mol. The number of rotatable bonds is 3. The lowest BCUT2D eigenvalue weighted by atomic mass is 9.73. The van der Waals surface area contributed by atoms with Gasteiger partial charge in [0.05, 0.1) is 0 Å². The molecule has 0 saturated heterocycles. The maximum Gasteiger partial charge on any atom is 0.138 e. The van der Waals surface area contributed by atoms with Crippen molar-refractivity contribution in [2.75, 3.05) is 0 Å². The third-order valence-corrected chi connectivity index (χ3v) is 2.88. The molecule has 0 unspecified atom stereocenters. The summed E-state index contributed by atoms with van der Waals surface area (Å²) in [5, 5.41) is 0. The smallest absolute Gasteiger partial charge is 0.119 e. The summed E-state index contributed by atoms with van der Waals surface area (Å²) in [5.74, 6) is 3.04. The molecule has 1 fully saturated rings. The Hall–Kier alpha value is -0.455. The van der Waals surface area contributed by atoms with Crippen LogP contribution in [0.3, 0.4) is 0 Å². The highest BCUT2D eigenvalue weighted by atomic mass is 14.2. The van der Waals surface area contributed by atoms with Crippen LogP contribution in [0.15, 0.2) is 23.7 Å². The van der Waals surface area contributed by atoms with E-state index in [0.717, 1.165) is 5.92 Å². The minimum absolute atomic E-state index is 0.794. The van der Waals surface area contributed by atoms with Crippen molar-refractivity contribution in [3.05, 3.63) is 23.7 Å². The van der Waals surface area contributed by atoms with Crippen LogP contribution in [-0.4, -0.2) is 7.28 Å². The van der Waals surface area contributed by atoms with Gasteiger partial charge in [-0.15, -0.1) is 5.98 Å². The fraction of sp³-hybridized carbons (Fsp3) is 0.667. The average molecular weight is 175 g/mol. The predicted molar refractivity (Wildman–Crippen MR) is 61.1 cm³/mol. The van der Waals surface area contributed by atoms with Gasteiger partial charge in [0.15, 0.2) is 0 Å². The molecule has 0 spiro atoms. The zero-order valence-electron chi connectivity index (χ0n) is 8.97. The molecule has 0 heterocycles. The lowest BCUT2D eigenvalue weighted by molar-refractivity contribution is 0.406. The van der Waals surface area contributed by atoms with Crippen LogP contribution in [0.5, 0.6) is 0 Å². The third kappa shape index (κ3) is 3.06. The van der Waals surface area contributed by atoms with E-state index in [1.54, 1.807) is 0 Å². The van der Waals surface area contributed by atoms with Crippen molar-refractivity contribution in [2.24, 2.45) is 5.92 Å². The molecule has 1 aliphatic rings. The van der Waals surface area contributed by atoms with E-state index in [2.05, 4.69) is 33.6 Å². The fourth-order valence-corrected chi connectivity index (χ4v) is 2.22. The second kappa shape index (κ2) is 5.31. The Kier molecular flexibility index (Phi) is 4.34. The molecule has 1 saturated carbocycles. The Balaban J connectivity index is 2.63. The molecular formula is C12H20B. The summed E-state index contributed by atoms with van der Waals surface area (Å²) < 4.78 is 0. The van der Waals surface area contributed by atoms with Crippen molar-refractivity contribution in [1.29, 1.82) is 0 Å². The van der Waals surface area contributed by atoms with Crippen LogP contribution in [-0.2, 0) is 0 Å². The highest BCUT2D eigenvalue weighted by Crippen LogP contribution is 2.32. The molecular weight excluding hydrogens is 155 g/mol. The molecule has 0 aromatic carbocycles. The summed E-state index contributed by atoms with van der Waals surface area (Å²) >= 11 is 0. The van der Waals surface area contributed by atoms with Crippen LogP contribution < -0.4 is 0 Å². The number of allylic oxidation sites excluding steroid dienone is 2. The minimum atomic E-state index is 0.794. The van der Waals surface area contributed by atoms with Gasteiger partial charge in [0.2, 0.25) is 0 Å². The summed E-state index contributed by atoms with van der Waals surface area (Å²) in [6.45, 7) is 8.28. The Morgan fingerprint density at radius 3 is 2.38 bits per heavy atom. The maximum atomic E-state index is 4.06. The molecule has 71 valence electrons. The molecule has 0 nitrogen and oxygen atoms in total. The van der Waals surface area contributed by atoms with E-state index in [1.165, 1.54) is 43.3 Å². The van der Waals surface area contributed by atoms with Gasteiger partial charge < -0.3 is 0 Å². The van der Waals surface area contributed by atoms with Crippen molar-refractivity contribution in [3.63, 3.8) is 0 Å². The van der Waals surface area contributed by atoms with Gasteiger partial charge in [-0.25, -0.2) is 0 Å². The van der Waals surface area contributed by atoms with Gasteiger partial charge in [-0.3, -0.25) is 0 Å². The van der Waals surface area contributed by atoms with Gasteiger partial charge in [0.25, 0.3) is 0 Å². The number of hydrogen-bond acceptors (Lipinski definition) is 0. The van der Waals surface area contributed by atoms with Crippen molar-refractivity contribution in [3.8, 4) is 0 Å². The average Bonchev–Trinajstić information content (AvgIpc) is 2.15. The summed E-state index contributed by atoms with van der Waals surface area (Å²) in [5.41, 5.74) is 2.74. The first-order valence-electron chi connectivity index (χ1n) is 5.41. The third-order valence-electron chi connectivity index (χ3n) is 2.88. The summed E-state index contributed by atoms with van der Waals surface area (Å²) in [4.78, 5) is 0. The normalized spacial score (nSPS) is 20.0. The summed E-state index contributed by atoms with van der Waals surface area (Å²) in [6, 6.07) is 0. The zero-order valence-corrected chi connectivity index (χ0v) is 8.97. The Morgan fingerprint density at radius 2 is 1.92 bits per heavy atom. The first-order valence-corrected chi connectivity index (χ1v) is 5.41. The van der Waals surface area contributed by atoms with Crippen LogP contribution in [0.25, 0.3) is 0 Å². The van der Waals surface area contributed by atoms with Crippen LogP contribution in [0.4, 0.5) is 0 Å². The van der Waals surface area contributed by atoms with Gasteiger partial charge in [-0.2, -0.15) is 0 Å². The molecule has 1 rings (SSSR count). The molecule has 0 atom stereocenters. The van der Waals surface area contributed by atoms with Crippen LogP contribution >= 0.6 is 0 Å². The molecule has 1 heteroatoms. The van der Waals surface area contributed by atoms with E-state index in [9.17, 15) is 0 Å². The first kappa shape index (κ1) is 10.6. The lowest BCUT2D eigenvalue weighted by Crippen LogP contribution is -2.10. The van der Waals surface area contributed by atoms with Crippen molar-refractivity contribution >= 4 is 7.28 Å². The fourth-order valence-electron chi connectivity index (χ4n) is 2.22. The standard InChI is InChI=1S/C12H20B/c1-10(2)12(9-13-3)11-7-5-4-6-8-11/h9,11H,1,4-8H2,2-3H3. The number of hydrogen-bond donors (Lipinski definition) is 0. The first-order chi connectivity index (χ1) is 6.25. The SMILES string of the molecule is C=C(C)C(=C[B]C)C1CCCCC1. The van der Waals surface area contributed by atoms with Crippen molar-refractivity contribution < 1.29 is 0 Å².